The third-order valence-electron chi connectivity index (χ3n) is 3.07. The van der Waals surface area contributed by atoms with Crippen molar-refractivity contribution in [2.24, 2.45) is 0 Å². The number of aliphatic carboxylic acids is 1. The lowest BCUT2D eigenvalue weighted by atomic mass is 10.0. The second kappa shape index (κ2) is 4.94. The number of cyclic esters (lactones) is 1. The molecule has 1 atom stereocenters. The van der Waals surface area contributed by atoms with Crippen LogP contribution >= 0.6 is 0 Å². The van der Waals surface area contributed by atoms with E-state index in [-0.39, 0.29) is 12.2 Å². The number of hydrogen-bond acceptors (Lipinski definition) is 3. The number of benzene rings is 1. The van der Waals surface area contributed by atoms with Gasteiger partial charge < -0.3 is 9.84 Å². The van der Waals surface area contributed by atoms with Crippen molar-refractivity contribution in [3.05, 3.63) is 29.8 Å². The number of amides is 1. The number of anilines is 1. The smallest absolute Gasteiger partial charge is 0.418 e. The molecule has 114 valence electrons. The normalized spacial score (nSPS) is 22.3. The van der Waals surface area contributed by atoms with Crippen LogP contribution in [0.15, 0.2) is 24.3 Å². The van der Waals surface area contributed by atoms with E-state index in [1.165, 1.54) is 19.1 Å². The van der Waals surface area contributed by atoms with Crippen molar-refractivity contribution < 1.29 is 32.6 Å². The van der Waals surface area contributed by atoms with Gasteiger partial charge in [0.25, 0.3) is 0 Å². The second-order valence-electron chi connectivity index (χ2n) is 4.99. The van der Waals surface area contributed by atoms with Crippen LogP contribution in [-0.2, 0) is 15.7 Å². The quantitative estimate of drug-likeness (QED) is 0.932. The first-order valence-electron chi connectivity index (χ1n) is 6.01. The van der Waals surface area contributed by atoms with Gasteiger partial charge in [-0.05, 0) is 19.1 Å². The molecule has 1 aliphatic heterocycles. The van der Waals surface area contributed by atoms with E-state index in [0.717, 1.165) is 17.0 Å². The van der Waals surface area contributed by atoms with Crippen LogP contribution in [0.5, 0.6) is 0 Å². The van der Waals surface area contributed by atoms with Gasteiger partial charge in [0.1, 0.15) is 5.60 Å². The first kappa shape index (κ1) is 15.1. The highest BCUT2D eigenvalue weighted by Gasteiger charge is 2.46. The van der Waals surface area contributed by atoms with E-state index in [1.807, 2.05) is 0 Å². The highest BCUT2D eigenvalue weighted by atomic mass is 19.4. The lowest BCUT2D eigenvalue weighted by Crippen LogP contribution is -2.34. The number of carboxylic acids is 1. The SMILES string of the molecule is CC1(CC(=O)O)CN(c2ccccc2C(F)(F)F)C(=O)O1. The van der Waals surface area contributed by atoms with Crippen LogP contribution in [0.2, 0.25) is 0 Å². The van der Waals surface area contributed by atoms with Gasteiger partial charge in [-0.1, -0.05) is 12.1 Å². The Bertz CT molecular complexity index is 587. The van der Waals surface area contributed by atoms with Gasteiger partial charge >= 0.3 is 18.2 Å². The molecule has 8 heteroatoms. The van der Waals surface area contributed by atoms with Crippen molar-refractivity contribution in [2.75, 3.05) is 11.4 Å². The number of halogens is 3. The van der Waals surface area contributed by atoms with E-state index >= 15 is 0 Å². The lowest BCUT2D eigenvalue weighted by Gasteiger charge is -2.21. The van der Waals surface area contributed by atoms with E-state index in [9.17, 15) is 22.8 Å². The monoisotopic (exact) mass is 303 g/mol. The van der Waals surface area contributed by atoms with Crippen molar-refractivity contribution >= 4 is 17.7 Å². The maximum Gasteiger partial charge on any atom is 0.418 e. The average Bonchev–Trinajstić information content (AvgIpc) is 2.62. The Morgan fingerprint density at radius 3 is 2.62 bits per heavy atom. The Balaban J connectivity index is 2.36. The van der Waals surface area contributed by atoms with Gasteiger partial charge in [0.2, 0.25) is 0 Å². The molecule has 0 saturated carbocycles. The summed E-state index contributed by atoms with van der Waals surface area (Å²) in [6, 6.07) is 4.58. The number of carbonyl (C=O) groups is 2. The van der Waals surface area contributed by atoms with Crippen molar-refractivity contribution in [1.82, 2.24) is 0 Å². The fourth-order valence-corrected chi connectivity index (χ4v) is 2.24. The first-order chi connectivity index (χ1) is 9.62. The minimum atomic E-state index is -4.62. The van der Waals surface area contributed by atoms with Gasteiger partial charge in [-0.15, -0.1) is 0 Å². The van der Waals surface area contributed by atoms with Gasteiger partial charge in [0, 0.05) is 0 Å². The maximum absolute atomic E-state index is 13.0. The van der Waals surface area contributed by atoms with Crippen LogP contribution < -0.4 is 4.90 Å². The van der Waals surface area contributed by atoms with Crippen LogP contribution in [0, 0.1) is 0 Å². The zero-order valence-corrected chi connectivity index (χ0v) is 11.0. The maximum atomic E-state index is 13.0. The number of nitrogens with zero attached hydrogens (tertiary/aromatic N) is 1. The third-order valence-corrected chi connectivity index (χ3v) is 3.07. The number of rotatable bonds is 3. The summed E-state index contributed by atoms with van der Waals surface area (Å²) in [5, 5.41) is 8.78. The van der Waals surface area contributed by atoms with Crippen molar-refractivity contribution in [1.29, 1.82) is 0 Å². The van der Waals surface area contributed by atoms with Crippen LogP contribution in [-0.4, -0.2) is 29.3 Å². The van der Waals surface area contributed by atoms with Crippen LogP contribution in [0.3, 0.4) is 0 Å². The van der Waals surface area contributed by atoms with Gasteiger partial charge in [0.05, 0.1) is 24.2 Å². The molecular weight excluding hydrogens is 291 g/mol. The highest BCUT2D eigenvalue weighted by molar-refractivity contribution is 5.92. The summed E-state index contributed by atoms with van der Waals surface area (Å²) in [4.78, 5) is 23.4. The lowest BCUT2D eigenvalue weighted by molar-refractivity contribution is -0.141. The molecule has 0 radical (unpaired) electrons. The molecule has 1 aliphatic rings. The average molecular weight is 303 g/mol. The fraction of sp³-hybridized carbons (Fsp3) is 0.385. The molecule has 2 rings (SSSR count). The molecule has 0 aromatic heterocycles. The number of carboxylic acid groups (broad SMARTS) is 1. The van der Waals surface area contributed by atoms with E-state index < -0.39 is 35.8 Å². The third kappa shape index (κ3) is 3.09. The van der Waals surface area contributed by atoms with Crippen molar-refractivity contribution in [3.63, 3.8) is 0 Å². The number of carbonyl (C=O) groups excluding carboxylic acids is 1. The Morgan fingerprint density at radius 1 is 1.43 bits per heavy atom. The molecule has 21 heavy (non-hydrogen) atoms. The van der Waals surface area contributed by atoms with E-state index in [2.05, 4.69) is 0 Å². The standard InChI is InChI=1S/C13H12F3NO4/c1-12(6-10(18)19)7-17(11(20)21-12)9-5-3-2-4-8(9)13(14,15)16/h2-5H,6-7H2,1H3,(H,18,19). The molecule has 1 saturated heterocycles. The molecule has 1 unspecified atom stereocenters. The number of alkyl halides is 3. The Kier molecular flexibility index (Phi) is 3.56. The van der Waals surface area contributed by atoms with E-state index in [1.54, 1.807) is 0 Å². The number of hydrogen-bond donors (Lipinski definition) is 1. The molecule has 0 bridgehead atoms. The minimum Gasteiger partial charge on any atom is -0.481 e. The molecule has 1 amide bonds. The minimum absolute atomic E-state index is 0.259. The zero-order chi connectivity index (χ0) is 15.8. The molecule has 1 N–H and O–H groups in total. The van der Waals surface area contributed by atoms with Crippen molar-refractivity contribution in [3.8, 4) is 0 Å². The topological polar surface area (TPSA) is 66.8 Å². The molecule has 5 nitrogen and oxygen atoms in total. The molecule has 0 aliphatic carbocycles. The summed E-state index contributed by atoms with van der Waals surface area (Å²) >= 11 is 0. The molecular formula is C13H12F3NO4. The van der Waals surface area contributed by atoms with E-state index in [0.29, 0.717) is 0 Å². The number of para-hydroxylation sites is 1. The van der Waals surface area contributed by atoms with Gasteiger partial charge in [0.15, 0.2) is 0 Å². The summed E-state index contributed by atoms with van der Waals surface area (Å²) in [7, 11) is 0. The molecule has 1 aromatic rings. The second-order valence-corrected chi connectivity index (χ2v) is 4.99. The summed E-state index contributed by atoms with van der Waals surface area (Å²) in [5.41, 5.74) is -2.67. The Hall–Kier alpha value is -2.25. The van der Waals surface area contributed by atoms with Crippen molar-refractivity contribution in [2.45, 2.75) is 25.1 Å². The summed E-state index contributed by atoms with van der Waals surface area (Å²) in [6.45, 7) is 1.11. The molecule has 1 heterocycles. The van der Waals surface area contributed by atoms with Gasteiger partial charge in [-0.3, -0.25) is 9.69 Å². The molecule has 1 aromatic carbocycles. The first-order valence-corrected chi connectivity index (χ1v) is 6.01. The van der Waals surface area contributed by atoms with Gasteiger partial charge in [-0.25, -0.2) is 4.79 Å². The Morgan fingerprint density at radius 2 is 2.05 bits per heavy atom. The fourth-order valence-electron chi connectivity index (χ4n) is 2.24. The zero-order valence-electron chi connectivity index (χ0n) is 11.0. The highest BCUT2D eigenvalue weighted by Crippen LogP contribution is 2.39. The summed E-state index contributed by atoms with van der Waals surface area (Å²) in [6.07, 6.45) is -6.10. The predicted octanol–water partition coefficient (Wildman–Crippen LogP) is 2.90. The summed E-state index contributed by atoms with van der Waals surface area (Å²) < 4.78 is 43.8. The summed E-state index contributed by atoms with van der Waals surface area (Å²) in [5.74, 6) is -1.20. The largest absolute Gasteiger partial charge is 0.481 e. The van der Waals surface area contributed by atoms with Gasteiger partial charge in [-0.2, -0.15) is 13.2 Å². The van der Waals surface area contributed by atoms with Crippen LogP contribution in [0.1, 0.15) is 18.9 Å². The number of ether oxygens (including phenoxy) is 1. The van der Waals surface area contributed by atoms with Crippen LogP contribution in [0.4, 0.5) is 23.7 Å². The van der Waals surface area contributed by atoms with E-state index in [4.69, 9.17) is 9.84 Å². The molecule has 1 fully saturated rings. The Labute approximate surface area is 117 Å². The molecule has 0 spiro atoms. The predicted molar refractivity (Wildman–Crippen MR) is 65.9 cm³/mol. The van der Waals surface area contributed by atoms with Crippen LogP contribution in [0.25, 0.3) is 0 Å².